The average Bonchev–Trinajstić information content (AvgIpc) is 2.82. The molecule has 0 saturated carbocycles. The van der Waals surface area contributed by atoms with Crippen LogP contribution in [0.2, 0.25) is 0 Å². The molecule has 0 spiro atoms. The van der Waals surface area contributed by atoms with Gasteiger partial charge in [0.1, 0.15) is 0 Å². The molecular weight excluding hydrogens is 232 g/mol. The van der Waals surface area contributed by atoms with Gasteiger partial charge in [0, 0.05) is 22.6 Å². The number of nitrogens with one attached hydrogen (secondary N) is 2. The van der Waals surface area contributed by atoms with E-state index in [2.05, 4.69) is 43.2 Å². The first-order chi connectivity index (χ1) is 9.22. The van der Waals surface area contributed by atoms with Gasteiger partial charge < -0.3 is 10.3 Å². The molecule has 3 rings (SSSR count). The van der Waals surface area contributed by atoms with Crippen LogP contribution in [0.4, 0.5) is 0 Å². The number of hydrogen-bond acceptors (Lipinski definition) is 1. The van der Waals surface area contributed by atoms with Gasteiger partial charge in [-0.3, -0.25) is 0 Å². The zero-order valence-corrected chi connectivity index (χ0v) is 12.3. The van der Waals surface area contributed by atoms with Crippen molar-refractivity contribution in [1.29, 1.82) is 0 Å². The quantitative estimate of drug-likeness (QED) is 0.848. The highest BCUT2D eigenvalue weighted by molar-refractivity contribution is 5.90. The molecule has 2 nitrogen and oxygen atoms in total. The van der Waals surface area contributed by atoms with Crippen LogP contribution >= 0.6 is 0 Å². The fraction of sp³-hybridized carbons (Fsp3) is 0.529. The number of aromatic amines is 1. The number of aromatic nitrogens is 1. The lowest BCUT2D eigenvalue weighted by Gasteiger charge is -2.24. The molecule has 0 radical (unpaired) electrons. The van der Waals surface area contributed by atoms with Crippen molar-refractivity contribution in [3.8, 4) is 0 Å². The average molecular weight is 256 g/mol. The highest BCUT2D eigenvalue weighted by Gasteiger charge is 2.25. The largest absolute Gasteiger partial charge is 0.358 e. The second kappa shape index (κ2) is 5.01. The highest BCUT2D eigenvalue weighted by Crippen LogP contribution is 2.38. The van der Waals surface area contributed by atoms with E-state index in [1.54, 1.807) is 5.56 Å². The maximum absolute atomic E-state index is 3.73. The van der Waals surface area contributed by atoms with E-state index < -0.39 is 0 Å². The van der Waals surface area contributed by atoms with Crippen LogP contribution in [-0.2, 0) is 6.42 Å². The fourth-order valence-electron chi connectivity index (χ4n) is 3.42. The standard InChI is InChI=1S/C17H24N2/c1-4-10-18-13-6-5-7-14-16(13)15-11(2)8-9-12(3)17(15)19-14/h8-9,13,18-19H,4-7,10H2,1-3H3. The fourth-order valence-corrected chi connectivity index (χ4v) is 3.42. The molecule has 0 amide bonds. The van der Waals surface area contributed by atoms with Crippen LogP contribution in [0, 0.1) is 13.8 Å². The van der Waals surface area contributed by atoms with Crippen LogP contribution < -0.4 is 5.32 Å². The summed E-state index contributed by atoms with van der Waals surface area (Å²) in [6.07, 6.45) is 4.96. The summed E-state index contributed by atoms with van der Waals surface area (Å²) in [5, 5.41) is 5.21. The van der Waals surface area contributed by atoms with E-state index in [0.29, 0.717) is 6.04 Å². The van der Waals surface area contributed by atoms with Crippen LogP contribution in [-0.4, -0.2) is 11.5 Å². The summed E-state index contributed by atoms with van der Waals surface area (Å²) in [5.41, 5.74) is 7.14. The smallest absolute Gasteiger partial charge is 0.0491 e. The summed E-state index contributed by atoms with van der Waals surface area (Å²) in [7, 11) is 0. The third kappa shape index (κ3) is 2.08. The van der Waals surface area contributed by atoms with Gasteiger partial charge in [-0.05, 0) is 62.8 Å². The minimum atomic E-state index is 0.540. The number of aryl methyl sites for hydroxylation is 3. The van der Waals surface area contributed by atoms with Crippen molar-refractivity contribution in [1.82, 2.24) is 10.3 Å². The topological polar surface area (TPSA) is 27.8 Å². The van der Waals surface area contributed by atoms with Crippen molar-refractivity contribution >= 4 is 10.9 Å². The zero-order chi connectivity index (χ0) is 13.4. The minimum absolute atomic E-state index is 0.540. The molecule has 19 heavy (non-hydrogen) atoms. The van der Waals surface area contributed by atoms with Gasteiger partial charge in [-0.25, -0.2) is 0 Å². The Balaban J connectivity index is 2.16. The van der Waals surface area contributed by atoms with E-state index >= 15 is 0 Å². The maximum atomic E-state index is 3.73. The first kappa shape index (κ1) is 12.7. The van der Waals surface area contributed by atoms with Crippen molar-refractivity contribution in [3.63, 3.8) is 0 Å². The summed E-state index contributed by atoms with van der Waals surface area (Å²) in [6.45, 7) is 7.79. The van der Waals surface area contributed by atoms with Crippen LogP contribution in [0.25, 0.3) is 10.9 Å². The van der Waals surface area contributed by atoms with E-state index in [1.165, 1.54) is 53.4 Å². The second-order valence-corrected chi connectivity index (χ2v) is 5.87. The summed E-state index contributed by atoms with van der Waals surface area (Å²) in [6, 6.07) is 5.03. The maximum Gasteiger partial charge on any atom is 0.0491 e. The van der Waals surface area contributed by atoms with Gasteiger partial charge in [-0.2, -0.15) is 0 Å². The van der Waals surface area contributed by atoms with Crippen molar-refractivity contribution in [2.75, 3.05) is 6.54 Å². The van der Waals surface area contributed by atoms with Crippen molar-refractivity contribution < 1.29 is 0 Å². The first-order valence-electron chi connectivity index (χ1n) is 7.56. The lowest BCUT2D eigenvalue weighted by Crippen LogP contribution is -2.25. The molecule has 1 atom stereocenters. The van der Waals surface area contributed by atoms with E-state index in [1.807, 2.05) is 0 Å². The van der Waals surface area contributed by atoms with Crippen molar-refractivity contribution in [3.05, 3.63) is 34.5 Å². The van der Waals surface area contributed by atoms with E-state index in [-0.39, 0.29) is 0 Å². The van der Waals surface area contributed by atoms with Gasteiger partial charge in [-0.1, -0.05) is 19.1 Å². The molecule has 1 aromatic carbocycles. The van der Waals surface area contributed by atoms with Gasteiger partial charge in [0.2, 0.25) is 0 Å². The van der Waals surface area contributed by atoms with Gasteiger partial charge in [0.25, 0.3) is 0 Å². The molecule has 0 bridgehead atoms. The third-order valence-electron chi connectivity index (χ3n) is 4.40. The molecule has 1 aromatic heterocycles. The molecule has 1 aliphatic carbocycles. The van der Waals surface area contributed by atoms with E-state index in [4.69, 9.17) is 0 Å². The van der Waals surface area contributed by atoms with Crippen LogP contribution in [0.3, 0.4) is 0 Å². The molecule has 2 aromatic rings. The Morgan fingerprint density at radius 2 is 2.05 bits per heavy atom. The van der Waals surface area contributed by atoms with Crippen molar-refractivity contribution in [2.45, 2.75) is 52.5 Å². The summed E-state index contributed by atoms with van der Waals surface area (Å²) < 4.78 is 0. The highest BCUT2D eigenvalue weighted by atomic mass is 14.9. The van der Waals surface area contributed by atoms with Gasteiger partial charge in [0.05, 0.1) is 0 Å². The van der Waals surface area contributed by atoms with E-state index in [0.717, 1.165) is 6.54 Å². The molecule has 0 saturated heterocycles. The Bertz CT molecular complexity index is 595. The molecule has 1 heterocycles. The Morgan fingerprint density at radius 1 is 1.26 bits per heavy atom. The number of benzene rings is 1. The molecule has 0 aliphatic heterocycles. The Hall–Kier alpha value is -1.28. The number of rotatable bonds is 3. The monoisotopic (exact) mass is 256 g/mol. The molecule has 0 fully saturated rings. The van der Waals surface area contributed by atoms with Crippen LogP contribution in [0.1, 0.15) is 54.6 Å². The lowest BCUT2D eigenvalue weighted by atomic mass is 9.89. The SMILES string of the molecule is CCCNC1CCCc2[nH]c3c(C)ccc(C)c3c21. The van der Waals surface area contributed by atoms with Crippen molar-refractivity contribution in [2.24, 2.45) is 0 Å². The van der Waals surface area contributed by atoms with Crippen LogP contribution in [0.5, 0.6) is 0 Å². The van der Waals surface area contributed by atoms with Crippen LogP contribution in [0.15, 0.2) is 12.1 Å². The Morgan fingerprint density at radius 3 is 2.84 bits per heavy atom. The molecule has 1 aliphatic rings. The van der Waals surface area contributed by atoms with Gasteiger partial charge in [0.15, 0.2) is 0 Å². The summed E-state index contributed by atoms with van der Waals surface area (Å²) in [5.74, 6) is 0. The normalized spacial score (nSPS) is 18.8. The van der Waals surface area contributed by atoms with E-state index in [9.17, 15) is 0 Å². The number of fused-ring (bicyclic) bond motifs is 3. The summed E-state index contributed by atoms with van der Waals surface area (Å²) in [4.78, 5) is 3.69. The number of H-pyrrole nitrogens is 1. The first-order valence-corrected chi connectivity index (χ1v) is 7.56. The molecular formula is C17H24N2. The predicted molar refractivity (Wildman–Crippen MR) is 81.7 cm³/mol. The molecule has 1 unspecified atom stereocenters. The zero-order valence-electron chi connectivity index (χ0n) is 12.3. The molecule has 2 heteroatoms. The Labute approximate surface area is 115 Å². The lowest BCUT2D eigenvalue weighted by molar-refractivity contribution is 0.461. The number of hydrogen-bond donors (Lipinski definition) is 2. The predicted octanol–water partition coefficient (Wildman–Crippen LogP) is 4.16. The Kier molecular flexibility index (Phi) is 3.36. The van der Waals surface area contributed by atoms with Gasteiger partial charge >= 0.3 is 0 Å². The third-order valence-corrected chi connectivity index (χ3v) is 4.40. The van der Waals surface area contributed by atoms with Gasteiger partial charge in [-0.15, -0.1) is 0 Å². The second-order valence-electron chi connectivity index (χ2n) is 5.87. The summed E-state index contributed by atoms with van der Waals surface area (Å²) >= 11 is 0. The molecule has 102 valence electrons. The molecule has 2 N–H and O–H groups in total. The minimum Gasteiger partial charge on any atom is -0.358 e.